The summed E-state index contributed by atoms with van der Waals surface area (Å²) in [6, 6.07) is 13.2. The van der Waals surface area contributed by atoms with Crippen molar-refractivity contribution in [3.8, 4) is 5.82 Å². The number of likely N-dealkylation sites (N-methyl/N-ethyl adjacent to an activating group) is 1. The van der Waals surface area contributed by atoms with E-state index in [2.05, 4.69) is 55.8 Å². The molecule has 1 aliphatic rings. The van der Waals surface area contributed by atoms with Gasteiger partial charge in [0.05, 0.1) is 12.2 Å². The Morgan fingerprint density at radius 3 is 2.49 bits per heavy atom. The standard InChI is InChI=1S/C27H31FN8O/c1-5-13-35-25(37)21-18-29-26(30-19-9-11-20(12-10-19)34-16-14-33(4)15-17-34)32-24(21)36(35)23-8-6-7-22(31-23)27(2,3)28/h5-12,18H,1,13-17H2,2-4H3,(H,29,30,32). The predicted octanol–water partition coefficient (Wildman–Crippen LogP) is 3.86. The van der Waals surface area contributed by atoms with E-state index < -0.39 is 5.67 Å². The molecular weight excluding hydrogens is 471 g/mol. The van der Waals surface area contributed by atoms with Crippen molar-refractivity contribution in [2.75, 3.05) is 43.4 Å². The van der Waals surface area contributed by atoms with Gasteiger partial charge in [-0.15, -0.1) is 6.58 Å². The van der Waals surface area contributed by atoms with Crippen molar-refractivity contribution in [3.63, 3.8) is 0 Å². The number of piperazine rings is 1. The molecule has 4 aromatic rings. The van der Waals surface area contributed by atoms with E-state index in [9.17, 15) is 9.18 Å². The van der Waals surface area contributed by atoms with Gasteiger partial charge in [-0.1, -0.05) is 12.1 Å². The summed E-state index contributed by atoms with van der Waals surface area (Å²) >= 11 is 0. The van der Waals surface area contributed by atoms with Crippen molar-refractivity contribution < 1.29 is 4.39 Å². The first-order valence-electron chi connectivity index (χ1n) is 12.3. The monoisotopic (exact) mass is 502 g/mol. The molecular formula is C27H31FN8O. The van der Waals surface area contributed by atoms with Crippen LogP contribution in [0.3, 0.4) is 0 Å². The van der Waals surface area contributed by atoms with E-state index in [0.29, 0.717) is 22.8 Å². The Labute approximate surface area is 214 Å². The van der Waals surface area contributed by atoms with Gasteiger partial charge in [-0.05, 0) is 57.3 Å². The summed E-state index contributed by atoms with van der Waals surface area (Å²) in [6.45, 7) is 11.0. The summed E-state index contributed by atoms with van der Waals surface area (Å²) in [7, 11) is 2.14. The van der Waals surface area contributed by atoms with Gasteiger partial charge in [-0.3, -0.25) is 4.79 Å². The van der Waals surface area contributed by atoms with Crippen molar-refractivity contribution >= 4 is 28.4 Å². The predicted molar refractivity (Wildman–Crippen MR) is 145 cm³/mol. The van der Waals surface area contributed by atoms with Gasteiger partial charge in [0.2, 0.25) is 5.95 Å². The van der Waals surface area contributed by atoms with Gasteiger partial charge >= 0.3 is 0 Å². The van der Waals surface area contributed by atoms with Crippen molar-refractivity contribution in [2.24, 2.45) is 0 Å². The van der Waals surface area contributed by atoms with Crippen LogP contribution >= 0.6 is 0 Å². The molecule has 0 saturated carbocycles. The number of alkyl halides is 1. The van der Waals surface area contributed by atoms with Crippen LogP contribution in [0.25, 0.3) is 16.9 Å². The maximum atomic E-state index is 14.7. The average molecular weight is 503 g/mol. The molecule has 3 aromatic heterocycles. The zero-order valence-corrected chi connectivity index (χ0v) is 21.4. The van der Waals surface area contributed by atoms with Crippen LogP contribution in [0, 0.1) is 0 Å². The molecule has 5 rings (SSSR count). The Kier molecular flexibility index (Phi) is 6.51. The number of pyridine rings is 1. The lowest BCUT2D eigenvalue weighted by Crippen LogP contribution is -2.44. The van der Waals surface area contributed by atoms with Gasteiger partial charge in [0.15, 0.2) is 11.5 Å². The molecule has 4 heterocycles. The lowest BCUT2D eigenvalue weighted by molar-refractivity contribution is 0.214. The van der Waals surface area contributed by atoms with Crippen molar-refractivity contribution in [1.82, 2.24) is 29.2 Å². The van der Waals surface area contributed by atoms with Crippen LogP contribution in [0.15, 0.2) is 66.1 Å². The number of halogens is 1. The Hall–Kier alpha value is -4.05. The number of aromatic nitrogens is 5. The zero-order valence-electron chi connectivity index (χ0n) is 21.4. The van der Waals surface area contributed by atoms with Crippen molar-refractivity contribution in [2.45, 2.75) is 26.1 Å². The quantitative estimate of drug-likeness (QED) is 0.384. The zero-order chi connectivity index (χ0) is 26.2. The number of benzene rings is 1. The first-order valence-corrected chi connectivity index (χ1v) is 12.3. The normalized spacial score (nSPS) is 14.8. The molecule has 37 heavy (non-hydrogen) atoms. The molecule has 0 aliphatic carbocycles. The smallest absolute Gasteiger partial charge is 0.278 e. The van der Waals surface area contributed by atoms with Crippen LogP contribution in [0.4, 0.5) is 21.7 Å². The molecule has 1 saturated heterocycles. The number of nitrogens with zero attached hydrogens (tertiary/aromatic N) is 7. The maximum absolute atomic E-state index is 14.7. The van der Waals surface area contributed by atoms with Crippen LogP contribution in [-0.4, -0.2) is 62.4 Å². The van der Waals surface area contributed by atoms with Gasteiger partial charge in [-0.2, -0.15) is 4.98 Å². The molecule has 192 valence electrons. The first kappa shape index (κ1) is 24.6. The van der Waals surface area contributed by atoms with Gasteiger partial charge in [0, 0.05) is 43.8 Å². The van der Waals surface area contributed by atoms with Crippen LogP contribution in [0.5, 0.6) is 0 Å². The van der Waals surface area contributed by atoms with E-state index in [4.69, 9.17) is 0 Å². The highest BCUT2D eigenvalue weighted by molar-refractivity contribution is 5.77. The maximum Gasteiger partial charge on any atom is 0.278 e. The third-order valence-electron chi connectivity index (χ3n) is 6.53. The number of hydrogen-bond donors (Lipinski definition) is 1. The number of nitrogens with one attached hydrogen (secondary N) is 1. The van der Waals surface area contributed by atoms with Gasteiger partial charge in [-0.25, -0.2) is 23.7 Å². The minimum Gasteiger partial charge on any atom is -0.369 e. The fourth-order valence-electron chi connectivity index (χ4n) is 4.43. The Morgan fingerprint density at radius 1 is 1.08 bits per heavy atom. The minimum absolute atomic E-state index is 0.233. The molecule has 0 amide bonds. The molecule has 10 heteroatoms. The molecule has 1 N–H and O–H groups in total. The molecule has 0 atom stereocenters. The largest absolute Gasteiger partial charge is 0.369 e. The summed E-state index contributed by atoms with van der Waals surface area (Å²) in [6.07, 6.45) is 3.12. The van der Waals surface area contributed by atoms with E-state index in [1.165, 1.54) is 30.4 Å². The average Bonchev–Trinajstić information content (AvgIpc) is 3.15. The summed E-state index contributed by atoms with van der Waals surface area (Å²) in [4.78, 5) is 31.4. The number of hydrogen-bond acceptors (Lipinski definition) is 7. The molecule has 1 fully saturated rings. The fraction of sp³-hybridized carbons (Fsp3) is 0.333. The number of rotatable bonds is 7. The topological polar surface area (TPSA) is 84.1 Å². The SMILES string of the molecule is C=CCn1c(=O)c2cnc(Nc3ccc(N4CCN(C)CC4)cc3)nc2n1-c1cccc(C(C)(C)F)n1. The lowest BCUT2D eigenvalue weighted by atomic mass is 10.1. The second-order valence-corrected chi connectivity index (χ2v) is 9.73. The molecule has 0 unspecified atom stereocenters. The molecule has 0 bridgehead atoms. The van der Waals surface area contributed by atoms with Gasteiger partial charge < -0.3 is 15.1 Å². The molecule has 1 aromatic carbocycles. The highest BCUT2D eigenvalue weighted by Gasteiger charge is 2.23. The molecule has 0 radical (unpaired) electrons. The number of fused-ring (bicyclic) bond motifs is 1. The van der Waals surface area contributed by atoms with Gasteiger partial charge in [0.25, 0.3) is 5.56 Å². The fourth-order valence-corrected chi connectivity index (χ4v) is 4.43. The van der Waals surface area contributed by atoms with E-state index in [0.717, 1.165) is 31.9 Å². The molecule has 0 spiro atoms. The second-order valence-electron chi connectivity index (χ2n) is 9.73. The first-order chi connectivity index (χ1) is 17.7. The van der Waals surface area contributed by atoms with Crippen LogP contribution in [0.1, 0.15) is 19.5 Å². The van der Waals surface area contributed by atoms with E-state index in [-0.39, 0.29) is 17.8 Å². The van der Waals surface area contributed by atoms with Crippen molar-refractivity contribution in [3.05, 3.63) is 77.4 Å². The Bertz CT molecular complexity index is 1480. The van der Waals surface area contributed by atoms with E-state index >= 15 is 0 Å². The summed E-state index contributed by atoms with van der Waals surface area (Å²) in [5.74, 6) is 0.727. The molecule has 1 aliphatic heterocycles. The Balaban J connectivity index is 1.50. The second kappa shape index (κ2) is 9.78. The van der Waals surface area contributed by atoms with Crippen LogP contribution in [-0.2, 0) is 12.2 Å². The van der Waals surface area contributed by atoms with Crippen LogP contribution < -0.4 is 15.8 Å². The molecule has 9 nitrogen and oxygen atoms in total. The van der Waals surface area contributed by atoms with Crippen molar-refractivity contribution in [1.29, 1.82) is 0 Å². The third kappa shape index (κ3) is 4.97. The van der Waals surface area contributed by atoms with E-state index in [1.54, 1.807) is 29.0 Å². The summed E-state index contributed by atoms with van der Waals surface area (Å²) < 4.78 is 17.7. The van der Waals surface area contributed by atoms with E-state index in [1.807, 2.05) is 12.1 Å². The highest BCUT2D eigenvalue weighted by Crippen LogP contribution is 2.25. The number of allylic oxidation sites excluding steroid dienone is 1. The van der Waals surface area contributed by atoms with Crippen LogP contribution in [0.2, 0.25) is 0 Å². The lowest BCUT2D eigenvalue weighted by Gasteiger charge is -2.34. The number of anilines is 3. The summed E-state index contributed by atoms with van der Waals surface area (Å²) in [5, 5.41) is 3.57. The third-order valence-corrected chi connectivity index (χ3v) is 6.53. The Morgan fingerprint density at radius 2 is 1.81 bits per heavy atom. The van der Waals surface area contributed by atoms with Gasteiger partial charge in [0.1, 0.15) is 11.1 Å². The summed E-state index contributed by atoms with van der Waals surface area (Å²) in [5.41, 5.74) is 0.727. The minimum atomic E-state index is -1.64. The highest BCUT2D eigenvalue weighted by atomic mass is 19.1.